The van der Waals surface area contributed by atoms with Crippen LogP contribution < -0.4 is 55.6 Å². The van der Waals surface area contributed by atoms with Gasteiger partial charge in [-0.25, -0.2) is 8.42 Å². The maximum absolute atomic E-state index is 13.1. The Hall–Kier alpha value is -2.65. The monoisotopic (exact) mass is 620 g/mol. The first-order valence-corrected chi connectivity index (χ1v) is 14.3. The van der Waals surface area contributed by atoms with Crippen LogP contribution in [0, 0.1) is 0 Å². The zero-order chi connectivity index (χ0) is 28.5. The van der Waals surface area contributed by atoms with Gasteiger partial charge in [0, 0.05) is 28.9 Å². The fourth-order valence-electron chi connectivity index (χ4n) is 3.98. The second-order valence-corrected chi connectivity index (χ2v) is 11.2. The van der Waals surface area contributed by atoms with Gasteiger partial charge in [-0.15, -0.1) is 11.8 Å². The summed E-state index contributed by atoms with van der Waals surface area (Å²) in [6, 6.07) is 1.31. The number of amides is 2. The molecule has 4 N–H and O–H groups in total. The zero-order valence-corrected chi connectivity index (χ0v) is 25.7. The number of nitrogens with one attached hydrogen (secondary N) is 2. The van der Waals surface area contributed by atoms with Crippen LogP contribution in [0.2, 0.25) is 0 Å². The quantitative estimate of drug-likeness (QED) is 0.0561. The van der Waals surface area contributed by atoms with Crippen LogP contribution in [0.3, 0.4) is 0 Å². The molecule has 0 saturated carbocycles. The van der Waals surface area contributed by atoms with Crippen LogP contribution in [-0.4, -0.2) is 81.5 Å². The van der Waals surface area contributed by atoms with E-state index < -0.39 is 56.1 Å². The Kier molecular flexibility index (Phi) is 10.3. The first-order chi connectivity index (χ1) is 18.5. The van der Waals surface area contributed by atoms with Crippen molar-refractivity contribution in [1.29, 1.82) is 0 Å². The molecule has 1 fully saturated rings. The van der Waals surface area contributed by atoms with Crippen LogP contribution in [0.1, 0.15) is 18.9 Å². The van der Waals surface area contributed by atoms with Crippen LogP contribution in [0.4, 0.5) is 5.13 Å². The molecule has 0 aromatic carbocycles. The minimum Gasteiger partial charge on any atom is -0.744 e. The number of carbonyl (C=O) groups excluding carboxylic acids is 3. The van der Waals surface area contributed by atoms with Crippen LogP contribution in [-0.2, 0) is 29.3 Å². The van der Waals surface area contributed by atoms with Crippen molar-refractivity contribution in [3.05, 3.63) is 41.6 Å². The summed E-state index contributed by atoms with van der Waals surface area (Å²) in [4.78, 5) is 47.6. The maximum atomic E-state index is 13.1. The Labute approximate surface area is 258 Å². The van der Waals surface area contributed by atoms with Crippen LogP contribution in [0.15, 0.2) is 45.8 Å². The van der Waals surface area contributed by atoms with E-state index in [-0.39, 0.29) is 64.2 Å². The van der Waals surface area contributed by atoms with E-state index in [1.54, 1.807) is 6.92 Å². The fourth-order valence-corrected chi connectivity index (χ4v) is 6.29. The van der Waals surface area contributed by atoms with Crippen molar-refractivity contribution in [2.75, 3.05) is 25.1 Å². The van der Waals surface area contributed by atoms with E-state index in [0.29, 0.717) is 0 Å². The number of carboxylic acid groups (broad SMARTS) is 1. The summed E-state index contributed by atoms with van der Waals surface area (Å²) in [6.07, 6.45) is 1.55. The SMILES string of the molecule is CCON=C(C(=O)NC1C(=O)N2C(C(=O)[O-])=C(C(NC)[n+]3cccc(S(=O)(=O)[O-])c3)CS[C@H]12)c1nsc(N)n1.[Na+]. The number of nitrogen functional groups attached to an aromatic ring is 1. The molecular weight excluding hydrogens is 599 g/mol. The van der Waals surface area contributed by atoms with Crippen LogP contribution in [0.25, 0.3) is 0 Å². The van der Waals surface area contributed by atoms with Crippen molar-refractivity contribution in [2.24, 2.45) is 5.16 Å². The van der Waals surface area contributed by atoms with Gasteiger partial charge in [0.25, 0.3) is 11.8 Å². The average molecular weight is 621 g/mol. The number of fused-ring (bicyclic) bond motifs is 1. The second-order valence-electron chi connectivity index (χ2n) is 7.97. The van der Waals surface area contributed by atoms with Crippen LogP contribution >= 0.6 is 23.3 Å². The maximum Gasteiger partial charge on any atom is 1.00 e. The van der Waals surface area contributed by atoms with Crippen molar-refractivity contribution in [1.82, 2.24) is 24.9 Å². The molecule has 2 aromatic heterocycles. The number of nitrogens with zero attached hydrogens (tertiary/aromatic N) is 5. The number of oxime groups is 1. The standard InChI is InChI=1S/C20H22N8O8S3.Na/c1-3-36-25-11(14-24-20(21)38-26-14)16(29)23-12-17(30)28-13(19(31)32)10(8-37-18(12)28)15(22-2)27-6-4-5-9(7-27)39(33,34)35;/h4-7,12,15,18,22H,3,8H2,1-2H3,(H4-,21,23,24,26,29,31,32,33,34,35);/q;+1/p-1/t12?,15?,18-;/m1./s1. The van der Waals surface area contributed by atoms with E-state index in [1.165, 1.54) is 23.9 Å². The van der Waals surface area contributed by atoms with Crippen molar-refractivity contribution in [3.63, 3.8) is 0 Å². The summed E-state index contributed by atoms with van der Waals surface area (Å²) >= 11 is 2.00. The first-order valence-electron chi connectivity index (χ1n) is 11.1. The third-order valence-corrected chi connectivity index (χ3v) is 8.28. The largest absolute Gasteiger partial charge is 1.00 e. The number of carbonyl (C=O) groups is 3. The number of hydrogen-bond acceptors (Lipinski definition) is 15. The molecular formula is C20H21N8NaO8S3. The van der Waals surface area contributed by atoms with Gasteiger partial charge < -0.3 is 30.3 Å². The van der Waals surface area contributed by atoms with Gasteiger partial charge in [0.05, 0.1) is 11.7 Å². The molecule has 2 aliphatic rings. The normalized spacial score (nSPS) is 19.7. The molecule has 4 rings (SSSR count). The third-order valence-electron chi connectivity index (χ3n) is 5.62. The van der Waals surface area contributed by atoms with Gasteiger partial charge in [-0.2, -0.15) is 13.9 Å². The molecule has 0 radical (unpaired) electrons. The van der Waals surface area contributed by atoms with Gasteiger partial charge in [-0.05, 0) is 20.0 Å². The molecule has 208 valence electrons. The van der Waals surface area contributed by atoms with Gasteiger partial charge in [0.15, 0.2) is 17.5 Å². The Morgan fingerprint density at radius 2 is 2.15 bits per heavy atom. The van der Waals surface area contributed by atoms with E-state index in [9.17, 15) is 32.5 Å². The van der Waals surface area contributed by atoms with E-state index in [2.05, 4.69) is 25.1 Å². The Bertz CT molecular complexity index is 1500. The zero-order valence-electron chi connectivity index (χ0n) is 21.3. The number of pyridine rings is 1. The summed E-state index contributed by atoms with van der Waals surface area (Å²) < 4.78 is 39.7. The minimum atomic E-state index is -4.78. The fraction of sp³-hybridized carbons (Fsp3) is 0.350. The van der Waals surface area contributed by atoms with E-state index in [0.717, 1.165) is 40.5 Å². The molecule has 20 heteroatoms. The van der Waals surface area contributed by atoms with Gasteiger partial charge in [0.1, 0.15) is 33.0 Å². The third kappa shape index (κ3) is 6.30. The Morgan fingerprint density at radius 3 is 2.73 bits per heavy atom. The van der Waals surface area contributed by atoms with Gasteiger partial charge in [-0.1, -0.05) is 5.16 Å². The number of carboxylic acids is 1. The number of nitrogens with two attached hydrogens (primary N) is 1. The molecule has 2 amide bonds. The minimum absolute atomic E-state index is 0. The number of aliphatic carboxylic acids is 1. The average Bonchev–Trinajstić information content (AvgIpc) is 3.32. The van der Waals surface area contributed by atoms with E-state index in [1.807, 2.05) is 0 Å². The van der Waals surface area contributed by atoms with E-state index >= 15 is 0 Å². The molecule has 2 unspecified atom stereocenters. The summed E-state index contributed by atoms with van der Waals surface area (Å²) in [7, 11) is -3.29. The van der Waals surface area contributed by atoms with Gasteiger partial charge in [-0.3, -0.25) is 19.8 Å². The van der Waals surface area contributed by atoms with Crippen molar-refractivity contribution >= 4 is 62.0 Å². The summed E-state index contributed by atoms with van der Waals surface area (Å²) in [5.41, 5.74) is 5.03. The number of rotatable bonds is 10. The number of aromatic nitrogens is 3. The predicted octanol–water partition coefficient (Wildman–Crippen LogP) is -6.12. The first kappa shape index (κ1) is 31.9. The molecule has 40 heavy (non-hydrogen) atoms. The molecule has 3 atom stereocenters. The van der Waals surface area contributed by atoms with Gasteiger partial charge >= 0.3 is 29.6 Å². The van der Waals surface area contributed by atoms with E-state index in [4.69, 9.17) is 10.6 Å². The Balaban J connectivity index is 0.00000441. The van der Waals surface area contributed by atoms with Crippen molar-refractivity contribution in [3.8, 4) is 0 Å². The molecule has 2 aromatic rings. The smallest absolute Gasteiger partial charge is 0.744 e. The predicted molar refractivity (Wildman–Crippen MR) is 132 cm³/mol. The molecule has 0 bridgehead atoms. The second kappa shape index (κ2) is 12.9. The number of thioether (sulfide) groups is 1. The number of β-lactam (4-membered cyclic amide) rings is 1. The molecule has 16 nitrogen and oxygen atoms in total. The van der Waals surface area contributed by atoms with Crippen molar-refractivity contribution in [2.45, 2.75) is 29.4 Å². The Morgan fingerprint density at radius 1 is 1.43 bits per heavy atom. The topological polar surface area (TPSA) is 236 Å². The molecule has 4 heterocycles. The molecule has 1 saturated heterocycles. The molecule has 0 spiro atoms. The molecule has 0 aliphatic carbocycles. The molecule has 2 aliphatic heterocycles. The summed E-state index contributed by atoms with van der Waals surface area (Å²) in [5.74, 6) is -3.25. The summed E-state index contributed by atoms with van der Waals surface area (Å²) in [5, 5.41) is 20.6. The number of likely N-dealkylation sites (N-methyl/N-ethyl adjacent to an activating group) is 1. The van der Waals surface area contributed by atoms with Crippen molar-refractivity contribution < 1.29 is 71.4 Å². The summed E-state index contributed by atoms with van der Waals surface area (Å²) in [6.45, 7) is 1.79. The van der Waals surface area contributed by atoms with Crippen LogP contribution in [0.5, 0.6) is 0 Å². The number of hydrogen-bond donors (Lipinski definition) is 3. The van der Waals surface area contributed by atoms with Gasteiger partial charge in [0.2, 0.25) is 17.7 Å². The number of anilines is 1.